The molecule has 9 unspecified atom stereocenters. The number of anilines is 2. The molecule has 8 rings (SSSR count). The Hall–Kier alpha value is -6.76. The minimum Gasteiger partial charge on any atom is -0.368 e. The van der Waals surface area contributed by atoms with Crippen LogP contribution in [0.25, 0.3) is 10.8 Å². The highest BCUT2D eigenvalue weighted by Gasteiger charge is 2.41. The Balaban J connectivity index is 0.000000381. The van der Waals surface area contributed by atoms with Crippen molar-refractivity contribution in [2.45, 2.75) is 207 Å². The first-order valence-electron chi connectivity index (χ1n) is 42.4. The molecule has 0 radical (unpaired) electrons. The predicted molar refractivity (Wildman–Crippen MR) is 526 cm³/mol. The van der Waals surface area contributed by atoms with Crippen molar-refractivity contribution in [3.05, 3.63) is 173 Å². The lowest BCUT2D eigenvalue weighted by molar-refractivity contribution is -0.143. The number of primary amides is 1. The molecule has 3 heterocycles. The van der Waals surface area contributed by atoms with Crippen LogP contribution < -0.4 is 53.4 Å². The van der Waals surface area contributed by atoms with Gasteiger partial charge < -0.3 is 57.5 Å². The number of urea groups is 1. The minimum atomic E-state index is -1.08. The van der Waals surface area contributed by atoms with Crippen LogP contribution in [0.3, 0.4) is 0 Å². The third-order valence-corrected chi connectivity index (χ3v) is 50.2. The molecule has 2 aliphatic heterocycles. The highest BCUT2D eigenvalue weighted by atomic mass is 35.5. The number of likely N-dealkylation sites (tertiary alicyclic amines) is 1. The highest BCUT2D eigenvalue weighted by Crippen LogP contribution is 2.86. The van der Waals surface area contributed by atoms with Crippen molar-refractivity contribution in [2.75, 3.05) is 23.8 Å². The number of Topliss-reactive ketones (excluding diaryl/α,β-unsaturated/α-hetero) is 3. The van der Waals surface area contributed by atoms with E-state index in [9.17, 15) is 67.1 Å². The van der Waals surface area contributed by atoms with E-state index in [1.165, 1.54) is 18.7 Å². The molecule has 12 amide bonds. The Morgan fingerprint density at radius 1 is 0.587 bits per heavy atom. The standard InChI is InChI=1S/C52H81N9O10P6.C36H42ClN3O5P4/c1-7-35(25-33-15-19-38(20-16-33)55-48(67)37-28-44(63)59-45(64)29-37)47(66)58-41(26-34-17-21-39(22-18-34)56-52(71)60-76(75-72)77(73)74)43(62)27-36(24-31(4)5)49(68)57-40(13-10-8-9-12-30(2)3)51(70)61-23-11-14-42(61)50(69)54-32(6)46(53)65;1-23(16-26-9-12-28-7-3-4-8-29(28)17-26)35(43)39-32(19-25-10-13-31(37)14-11-25)34(42)20-30(18-27-6-5-15-38-21-27)36(44)40-33(24(2)41)22-45-49(47)48-46/h15-22,30-32,35-37,40-42,75H,7-14,23-29,72-74H2,1-6H3,(H2,53,65)(H,54,69)(H,55,67)(H,57,68)(H,58,66)(H2,56,60,71)(H,59,63,64);3-15,17,21,23,30,32-33,48H,16,18-20,22,46-47H2,1-2H3,(H,39,43)(H,40,44)/t32-,35+,36-,40+,41-,42+,76?;23-,30+,32-,33+,49?/m11/s1. The van der Waals surface area contributed by atoms with Gasteiger partial charge in [-0.2, -0.15) is 0 Å². The Bertz CT molecular complexity index is 4670. The topological polar surface area (TPSA) is 399 Å². The number of hydrogen-bond donors (Lipinski definition) is 10. The van der Waals surface area contributed by atoms with Crippen LogP contribution in [0.1, 0.15) is 167 Å². The molecule has 0 spiro atoms. The lowest BCUT2D eigenvalue weighted by Crippen LogP contribution is -2.56. The fourth-order valence-electron chi connectivity index (χ4n) is 14.7. The van der Waals surface area contributed by atoms with E-state index >= 15 is 0 Å². The second-order valence-corrected chi connectivity index (χ2v) is 59.6. The lowest BCUT2D eigenvalue weighted by Gasteiger charge is -2.30. The molecular weight excluding hydrogens is 1810 g/mol. The second-order valence-electron chi connectivity index (χ2n) is 32.9. The average Bonchev–Trinajstić information content (AvgIpc) is 1.66. The van der Waals surface area contributed by atoms with E-state index < -0.39 is 135 Å². The number of amides is 12. The molecule has 0 saturated carbocycles. The molecule has 19 atom stereocenters. The zero-order chi connectivity index (χ0) is 92.3. The number of piperidine rings is 1. The number of benzene rings is 5. The molecule has 11 N–H and O–H groups in total. The van der Waals surface area contributed by atoms with Crippen LogP contribution >= 0.6 is 94.1 Å². The summed E-state index contributed by atoms with van der Waals surface area (Å²) in [6, 6.07) is 32.9. The fraction of sp³-hybridized carbons (Fsp3) is 0.466. The number of aromatic nitrogens is 1. The van der Waals surface area contributed by atoms with Crippen LogP contribution in [-0.4, -0.2) is 142 Å². The summed E-state index contributed by atoms with van der Waals surface area (Å²) in [7, 11) is 12.8. The maximum absolute atomic E-state index is 14.8. The largest absolute Gasteiger partial charge is 0.368 e. The van der Waals surface area contributed by atoms with Crippen molar-refractivity contribution in [1.82, 2.24) is 46.9 Å². The van der Waals surface area contributed by atoms with Crippen LogP contribution in [0.4, 0.5) is 16.2 Å². The summed E-state index contributed by atoms with van der Waals surface area (Å²) in [5.41, 5.74) is 10.5. The van der Waals surface area contributed by atoms with Gasteiger partial charge in [0.1, 0.15) is 24.2 Å². The summed E-state index contributed by atoms with van der Waals surface area (Å²) >= 11 is 6.12. The molecule has 38 heteroatoms. The number of unbranched alkanes of at least 4 members (excludes halogenated alkanes) is 2. The van der Waals surface area contributed by atoms with Crippen LogP contribution in [0.15, 0.2) is 140 Å². The number of fused-ring (bicyclic) bond motifs is 1. The van der Waals surface area contributed by atoms with Gasteiger partial charge >= 0.3 is 6.03 Å². The molecule has 2 fully saturated rings. The molecule has 126 heavy (non-hydrogen) atoms. The maximum Gasteiger partial charge on any atom is 0.323 e. The number of carbonyl (C=O) groups is 14. The van der Waals surface area contributed by atoms with Gasteiger partial charge in [-0.05, 0) is 186 Å². The summed E-state index contributed by atoms with van der Waals surface area (Å²) in [5.74, 6) is -8.60. The minimum absolute atomic E-state index is 0.0373. The number of nitrogens with one attached hydrogen (secondary N) is 9. The smallest absolute Gasteiger partial charge is 0.323 e. The van der Waals surface area contributed by atoms with Gasteiger partial charge in [-0.15, -0.1) is 35.7 Å². The molecule has 2 saturated heterocycles. The zero-order valence-corrected chi connectivity index (χ0v) is 83.8. The molecule has 682 valence electrons. The van der Waals surface area contributed by atoms with E-state index in [1.54, 1.807) is 79.1 Å². The third-order valence-electron chi connectivity index (χ3n) is 21.8. The first-order valence-corrected chi connectivity index (χ1v) is 59.6. The van der Waals surface area contributed by atoms with Crippen molar-refractivity contribution >= 4 is 199 Å². The fourth-order valence-corrected chi connectivity index (χ4v) is 35.9. The summed E-state index contributed by atoms with van der Waals surface area (Å²) < 4.78 is 5.79. The molecule has 0 aliphatic carbocycles. The Morgan fingerprint density at radius 2 is 1.13 bits per heavy atom. The number of hydrogen-bond acceptors (Lipinski definition) is 16. The molecule has 1 aromatic heterocycles. The summed E-state index contributed by atoms with van der Waals surface area (Å²) in [5, 5.41) is 28.1. The van der Waals surface area contributed by atoms with Crippen molar-refractivity contribution in [3.63, 3.8) is 0 Å². The number of carbonyl (C=O) groups excluding carboxylic acids is 14. The van der Waals surface area contributed by atoms with Crippen LogP contribution in [0.2, 0.25) is 5.02 Å². The Kier molecular flexibility index (Phi) is 46.2. The first-order chi connectivity index (χ1) is 60.0. The molecule has 5 aromatic carbocycles. The number of halogens is 1. The van der Waals surface area contributed by atoms with Crippen molar-refractivity contribution < 1.29 is 71.6 Å². The number of nitrogens with zero attached hydrogens (tertiary/aromatic N) is 2. The summed E-state index contributed by atoms with van der Waals surface area (Å²) in [4.78, 5) is 193. The average molecular weight is 1930 g/mol. The van der Waals surface area contributed by atoms with E-state index in [1.807, 2.05) is 82.3 Å². The number of rotatable bonds is 48. The van der Waals surface area contributed by atoms with Gasteiger partial charge in [-0.25, -0.2) is 4.79 Å². The highest BCUT2D eigenvalue weighted by molar-refractivity contribution is 8.87. The van der Waals surface area contributed by atoms with Crippen LogP contribution in [0, 0.1) is 41.4 Å². The lowest BCUT2D eigenvalue weighted by atomic mass is 9.87. The van der Waals surface area contributed by atoms with E-state index in [0.29, 0.717) is 95.2 Å². The monoisotopic (exact) mass is 1930 g/mol. The van der Waals surface area contributed by atoms with E-state index in [2.05, 4.69) is 117 Å². The van der Waals surface area contributed by atoms with Gasteiger partial charge in [0.05, 0.1) is 39.6 Å². The molecule has 2 aliphatic rings. The first kappa shape index (κ1) is 106. The van der Waals surface area contributed by atoms with Crippen LogP contribution in [-0.2, 0) is 99.0 Å². The number of imide groups is 1. The van der Waals surface area contributed by atoms with Gasteiger partial charge in [0.25, 0.3) is 0 Å². The van der Waals surface area contributed by atoms with Crippen LogP contribution in [0.5, 0.6) is 0 Å². The SMILES string of the molecule is CC(=O)[C@H](COP(P)PP)NC(=O)[C@H](CC(=O)[C@@H](Cc1ccc(Cl)cc1)NC(=O)[C@H](C)Cc1ccc2ccccc2c1)Cc1cccnc1.CC[C@@H](Cc1ccc(NC(=O)C2CC(=O)NC(=O)C2)cc1)C(=O)N[C@H](Cc1ccc(NC(=O)NP(PP)P(P)P)cc1)C(=O)C[C@@H](CC(C)C)C(=O)N[C@@H](CCCCCC(C)C)C(=O)N1CCC[C@H]1C(=O)N[C@H](C)C(N)=O. The van der Waals surface area contributed by atoms with Gasteiger partial charge in [0, 0.05) is 84.7 Å². The summed E-state index contributed by atoms with van der Waals surface area (Å²) in [6.45, 7) is 14.6. The number of ketones is 3. The van der Waals surface area contributed by atoms with E-state index in [0.717, 1.165) is 52.3 Å². The van der Waals surface area contributed by atoms with E-state index in [-0.39, 0.29) is 99.2 Å². The summed E-state index contributed by atoms with van der Waals surface area (Å²) in [6.07, 6.45) is 9.34. The van der Waals surface area contributed by atoms with Crippen molar-refractivity contribution in [2.24, 2.45) is 47.2 Å². The predicted octanol–water partition coefficient (Wildman–Crippen LogP) is 14.8. The number of nitrogens with two attached hydrogens (primary N) is 1. The van der Waals surface area contributed by atoms with Crippen molar-refractivity contribution in [3.8, 4) is 0 Å². The normalized spacial score (nSPS) is 16.2. The number of pyridine rings is 1. The molecule has 27 nitrogen and oxygen atoms in total. The van der Waals surface area contributed by atoms with Gasteiger partial charge in [-0.3, -0.25) is 72.6 Å². The zero-order valence-electron chi connectivity index (χ0n) is 72.6. The van der Waals surface area contributed by atoms with Gasteiger partial charge in [0.15, 0.2) is 17.3 Å². The third kappa shape index (κ3) is 36.5. The molecular formula is C88H123ClN12O15P10. The quantitative estimate of drug-likeness (QED) is 0.00963. The molecule has 0 bridgehead atoms. The Labute approximate surface area is 763 Å². The molecule has 6 aromatic rings. The Morgan fingerprint density at radius 3 is 1.71 bits per heavy atom. The maximum atomic E-state index is 14.8. The van der Waals surface area contributed by atoms with Crippen molar-refractivity contribution in [1.29, 1.82) is 0 Å². The van der Waals surface area contributed by atoms with Gasteiger partial charge in [0.2, 0.25) is 59.1 Å². The second kappa shape index (κ2) is 54.8. The van der Waals surface area contributed by atoms with Gasteiger partial charge in [-0.1, -0.05) is 181 Å². The van der Waals surface area contributed by atoms with E-state index in [4.69, 9.17) is 21.9 Å².